The van der Waals surface area contributed by atoms with Gasteiger partial charge in [-0.25, -0.2) is 0 Å². The van der Waals surface area contributed by atoms with E-state index in [2.05, 4.69) is 51.2 Å². The normalized spacial score (nSPS) is 9.87. The van der Waals surface area contributed by atoms with Gasteiger partial charge in [-0.3, -0.25) is 0 Å². The van der Waals surface area contributed by atoms with E-state index in [0.29, 0.717) is 0 Å². The molecular weight excluding hydrogens is 182 g/mol. The minimum absolute atomic E-state index is 1.08. The van der Waals surface area contributed by atoms with Crippen LogP contribution in [0, 0.1) is 6.92 Å². The van der Waals surface area contributed by atoms with E-state index in [0.717, 1.165) is 5.57 Å². The zero-order valence-electron chi connectivity index (χ0n) is 10.1. The van der Waals surface area contributed by atoms with Crippen LogP contribution in [0.1, 0.15) is 23.6 Å². The van der Waals surface area contributed by atoms with Crippen molar-refractivity contribution < 1.29 is 0 Å². The second-order valence-corrected chi connectivity index (χ2v) is 4.07. The van der Waals surface area contributed by atoms with E-state index in [1.54, 1.807) is 0 Å². The Kier molecular flexibility index (Phi) is 3.35. The van der Waals surface area contributed by atoms with E-state index < -0.39 is 0 Å². The van der Waals surface area contributed by atoms with Crippen molar-refractivity contribution in [3.05, 3.63) is 42.0 Å². The Hall–Kier alpha value is -1.50. The van der Waals surface area contributed by atoms with Crippen molar-refractivity contribution in [1.82, 2.24) is 0 Å². The van der Waals surface area contributed by atoms with Crippen LogP contribution < -0.4 is 4.90 Å². The first kappa shape index (κ1) is 11.6. The van der Waals surface area contributed by atoms with Crippen molar-refractivity contribution in [1.29, 1.82) is 0 Å². The zero-order valence-corrected chi connectivity index (χ0v) is 10.1. The highest BCUT2D eigenvalue weighted by molar-refractivity contribution is 5.81. The Labute approximate surface area is 92.7 Å². The Morgan fingerprint density at radius 3 is 2.33 bits per heavy atom. The van der Waals surface area contributed by atoms with Crippen molar-refractivity contribution >= 4 is 17.3 Å². The molecule has 0 radical (unpaired) electrons. The van der Waals surface area contributed by atoms with Gasteiger partial charge in [0.25, 0.3) is 0 Å². The molecule has 0 fully saturated rings. The van der Waals surface area contributed by atoms with Crippen LogP contribution in [0.25, 0.3) is 11.6 Å². The number of anilines is 1. The van der Waals surface area contributed by atoms with Gasteiger partial charge in [-0.15, -0.1) is 0 Å². The standard InChI is InChI=1S/C14H19N/c1-7-12-13(10(2)3)9-8-11(4)14(12)15(5)6/h7-9H,1-2H2,3-6H3. The molecule has 1 nitrogen and oxygen atoms in total. The minimum Gasteiger partial charge on any atom is -0.377 e. The molecule has 0 saturated carbocycles. The van der Waals surface area contributed by atoms with Gasteiger partial charge < -0.3 is 4.90 Å². The summed E-state index contributed by atoms with van der Waals surface area (Å²) in [6, 6.07) is 4.24. The van der Waals surface area contributed by atoms with Crippen LogP contribution in [0.5, 0.6) is 0 Å². The first-order valence-electron chi connectivity index (χ1n) is 5.08. The number of hydrogen-bond acceptors (Lipinski definition) is 1. The third-order valence-corrected chi connectivity index (χ3v) is 2.53. The second kappa shape index (κ2) is 4.35. The molecule has 1 aromatic carbocycles. The number of allylic oxidation sites excluding steroid dienone is 1. The van der Waals surface area contributed by atoms with E-state index in [-0.39, 0.29) is 0 Å². The van der Waals surface area contributed by atoms with Crippen LogP contribution in [-0.4, -0.2) is 14.1 Å². The molecule has 1 rings (SSSR count). The summed E-state index contributed by atoms with van der Waals surface area (Å²) in [5, 5.41) is 0. The third-order valence-electron chi connectivity index (χ3n) is 2.53. The van der Waals surface area contributed by atoms with Gasteiger partial charge in [0, 0.05) is 25.3 Å². The molecule has 0 bridgehead atoms. The average Bonchev–Trinajstić information content (AvgIpc) is 2.15. The molecule has 0 N–H and O–H groups in total. The summed E-state index contributed by atoms with van der Waals surface area (Å²) in [6.07, 6.45) is 1.91. The molecule has 0 atom stereocenters. The maximum absolute atomic E-state index is 4.00. The summed E-state index contributed by atoms with van der Waals surface area (Å²) < 4.78 is 0. The highest BCUT2D eigenvalue weighted by atomic mass is 15.1. The first-order valence-corrected chi connectivity index (χ1v) is 5.08. The lowest BCUT2D eigenvalue weighted by molar-refractivity contribution is 1.11. The van der Waals surface area contributed by atoms with E-state index in [9.17, 15) is 0 Å². The van der Waals surface area contributed by atoms with Crippen LogP contribution in [0.2, 0.25) is 0 Å². The van der Waals surface area contributed by atoms with Gasteiger partial charge in [0.15, 0.2) is 0 Å². The van der Waals surface area contributed by atoms with Gasteiger partial charge in [-0.2, -0.15) is 0 Å². The fraction of sp³-hybridized carbons (Fsp3) is 0.286. The minimum atomic E-state index is 1.08. The molecule has 1 heteroatoms. The van der Waals surface area contributed by atoms with Gasteiger partial charge in [0.2, 0.25) is 0 Å². The fourth-order valence-corrected chi connectivity index (χ4v) is 1.89. The van der Waals surface area contributed by atoms with Crippen molar-refractivity contribution in [2.24, 2.45) is 0 Å². The van der Waals surface area contributed by atoms with Crippen LogP contribution in [0.3, 0.4) is 0 Å². The monoisotopic (exact) mass is 201 g/mol. The second-order valence-electron chi connectivity index (χ2n) is 4.07. The van der Waals surface area contributed by atoms with E-state index in [1.807, 2.05) is 13.0 Å². The SMILES string of the molecule is C=Cc1c(C(=C)C)ccc(C)c1N(C)C. The third kappa shape index (κ3) is 2.12. The molecule has 0 aromatic heterocycles. The largest absolute Gasteiger partial charge is 0.377 e. The van der Waals surface area contributed by atoms with E-state index >= 15 is 0 Å². The topological polar surface area (TPSA) is 3.24 Å². The summed E-state index contributed by atoms with van der Waals surface area (Å²) in [6.45, 7) is 12.0. The lowest BCUT2D eigenvalue weighted by Crippen LogP contribution is -2.12. The van der Waals surface area contributed by atoms with Crippen LogP contribution in [0.15, 0.2) is 25.3 Å². The highest BCUT2D eigenvalue weighted by Crippen LogP contribution is 2.30. The van der Waals surface area contributed by atoms with E-state index in [1.165, 1.54) is 22.4 Å². The smallest absolute Gasteiger partial charge is 0.0470 e. The molecule has 80 valence electrons. The highest BCUT2D eigenvalue weighted by Gasteiger charge is 2.10. The Bertz CT molecular complexity index is 400. The van der Waals surface area contributed by atoms with Crippen molar-refractivity contribution in [3.63, 3.8) is 0 Å². The first-order chi connectivity index (χ1) is 6.99. The molecule has 0 aliphatic rings. The molecule has 0 heterocycles. The van der Waals surface area contributed by atoms with Crippen molar-refractivity contribution in [3.8, 4) is 0 Å². The van der Waals surface area contributed by atoms with Crippen LogP contribution >= 0.6 is 0 Å². The maximum Gasteiger partial charge on any atom is 0.0470 e. The van der Waals surface area contributed by atoms with Gasteiger partial charge in [-0.05, 0) is 25.0 Å². The number of benzene rings is 1. The van der Waals surface area contributed by atoms with Gasteiger partial charge >= 0.3 is 0 Å². The summed E-state index contributed by atoms with van der Waals surface area (Å²) >= 11 is 0. The quantitative estimate of drug-likeness (QED) is 0.720. The summed E-state index contributed by atoms with van der Waals surface area (Å²) in [4.78, 5) is 2.12. The molecule has 0 aliphatic carbocycles. The summed E-state index contributed by atoms with van der Waals surface area (Å²) in [5.41, 5.74) is 5.92. The number of nitrogens with zero attached hydrogens (tertiary/aromatic N) is 1. The maximum atomic E-state index is 4.00. The van der Waals surface area contributed by atoms with Gasteiger partial charge in [0.05, 0.1) is 0 Å². The number of hydrogen-bond donors (Lipinski definition) is 0. The van der Waals surface area contributed by atoms with E-state index in [4.69, 9.17) is 0 Å². The molecule has 0 unspecified atom stereocenters. The average molecular weight is 201 g/mol. The molecule has 0 saturated heterocycles. The predicted molar refractivity (Wildman–Crippen MR) is 70.3 cm³/mol. The zero-order chi connectivity index (χ0) is 11.6. The van der Waals surface area contributed by atoms with Crippen molar-refractivity contribution in [2.45, 2.75) is 13.8 Å². The number of aryl methyl sites for hydroxylation is 1. The molecular formula is C14H19N. The van der Waals surface area contributed by atoms with Gasteiger partial charge in [0.1, 0.15) is 0 Å². The molecule has 0 amide bonds. The van der Waals surface area contributed by atoms with Gasteiger partial charge in [-0.1, -0.05) is 36.9 Å². The summed E-state index contributed by atoms with van der Waals surface area (Å²) in [7, 11) is 4.11. The summed E-state index contributed by atoms with van der Waals surface area (Å²) in [5.74, 6) is 0. The molecule has 1 aromatic rings. The Morgan fingerprint density at radius 1 is 1.33 bits per heavy atom. The predicted octanol–water partition coefficient (Wildman–Crippen LogP) is 3.74. The van der Waals surface area contributed by atoms with Crippen LogP contribution in [-0.2, 0) is 0 Å². The van der Waals surface area contributed by atoms with Crippen molar-refractivity contribution in [2.75, 3.05) is 19.0 Å². The fourth-order valence-electron chi connectivity index (χ4n) is 1.89. The molecule has 0 aliphatic heterocycles. The lowest BCUT2D eigenvalue weighted by atomic mass is 9.96. The number of rotatable bonds is 3. The molecule has 15 heavy (non-hydrogen) atoms. The van der Waals surface area contributed by atoms with Crippen LogP contribution in [0.4, 0.5) is 5.69 Å². The Balaban J connectivity index is 3.54. The molecule has 0 spiro atoms. The Morgan fingerprint density at radius 2 is 1.93 bits per heavy atom. The lowest BCUT2D eigenvalue weighted by Gasteiger charge is -2.21.